The van der Waals surface area contributed by atoms with Gasteiger partial charge in [-0.2, -0.15) is 0 Å². The molecule has 6 nitrogen and oxygen atoms in total. The molecule has 0 aromatic carbocycles. The van der Waals surface area contributed by atoms with Crippen LogP contribution in [0.3, 0.4) is 0 Å². The lowest BCUT2D eigenvalue weighted by atomic mass is 10.1. The minimum absolute atomic E-state index is 0.0974. The number of ether oxygens (including phenoxy) is 3. The summed E-state index contributed by atoms with van der Waals surface area (Å²) >= 11 is 0. The summed E-state index contributed by atoms with van der Waals surface area (Å²) < 4.78 is 16.9. The second-order valence-electron chi connectivity index (χ2n) is 19.9. The van der Waals surface area contributed by atoms with E-state index in [2.05, 4.69) is 130 Å². The van der Waals surface area contributed by atoms with Crippen LogP contribution in [-0.2, 0) is 28.6 Å². The smallest absolute Gasteiger partial charge is 0.306 e. The molecule has 0 saturated heterocycles. The normalized spacial score (nSPS) is 12.9. The van der Waals surface area contributed by atoms with Gasteiger partial charge in [0, 0.05) is 19.3 Å². The van der Waals surface area contributed by atoms with E-state index in [4.69, 9.17) is 14.2 Å². The summed E-state index contributed by atoms with van der Waals surface area (Å²) in [6.07, 6.45) is 82.2. The first-order valence-corrected chi connectivity index (χ1v) is 30.4. The van der Waals surface area contributed by atoms with Gasteiger partial charge in [-0.25, -0.2) is 0 Å². The molecule has 0 aromatic heterocycles. The van der Waals surface area contributed by atoms with Crippen LogP contribution in [0.5, 0.6) is 0 Å². The van der Waals surface area contributed by atoms with Crippen LogP contribution in [0.25, 0.3) is 0 Å². The summed E-state index contributed by atoms with van der Waals surface area (Å²) in [5, 5.41) is 0. The standard InChI is InChI=1S/C67H112O6/c1-4-7-10-13-16-19-22-25-28-30-32-33-35-36-39-42-45-48-51-54-57-60-66(69)72-63-64(62-71-65(68)59-56-53-50-47-44-41-38-27-24-21-18-15-12-9-6-3)73-67(70)61-58-55-52-49-46-43-40-37-34-31-29-26-23-20-17-14-11-8-5-2/h9,12,17-18,20-22,25-27,29-30,32,34-38,64H,4-8,10-11,13-16,19,23-24,28,31,33,39-63H2,1-3H3/b12-9-,20-17-,21-18-,25-22-,29-26-,32-30-,36-35-,37-34-,38-27-. The largest absolute Gasteiger partial charge is 0.462 e. The minimum Gasteiger partial charge on any atom is -0.462 e. The molecule has 0 aliphatic rings. The molecule has 6 heteroatoms. The monoisotopic (exact) mass is 1010 g/mol. The fourth-order valence-electron chi connectivity index (χ4n) is 8.18. The molecule has 0 fully saturated rings. The van der Waals surface area contributed by atoms with Gasteiger partial charge in [-0.3, -0.25) is 14.4 Å². The van der Waals surface area contributed by atoms with Gasteiger partial charge in [0.15, 0.2) is 6.10 Å². The zero-order chi connectivity index (χ0) is 52.9. The predicted octanol–water partition coefficient (Wildman–Crippen LogP) is 20.7. The second kappa shape index (κ2) is 60.6. The van der Waals surface area contributed by atoms with E-state index < -0.39 is 6.10 Å². The van der Waals surface area contributed by atoms with E-state index in [0.29, 0.717) is 19.3 Å². The summed E-state index contributed by atoms with van der Waals surface area (Å²) in [5.74, 6) is -0.935. The number of hydrogen-bond donors (Lipinski definition) is 0. The molecule has 0 saturated carbocycles. The Bertz CT molecular complexity index is 1490. The Balaban J connectivity index is 4.46. The van der Waals surface area contributed by atoms with Crippen molar-refractivity contribution in [3.8, 4) is 0 Å². The highest BCUT2D eigenvalue weighted by Crippen LogP contribution is 2.14. The molecule has 73 heavy (non-hydrogen) atoms. The molecular formula is C67H112O6. The van der Waals surface area contributed by atoms with E-state index in [1.165, 1.54) is 96.3 Å². The average Bonchev–Trinajstić information content (AvgIpc) is 3.39. The lowest BCUT2D eigenvalue weighted by Gasteiger charge is -2.18. The van der Waals surface area contributed by atoms with Gasteiger partial charge in [0.05, 0.1) is 0 Å². The van der Waals surface area contributed by atoms with Gasteiger partial charge in [-0.05, 0) is 128 Å². The van der Waals surface area contributed by atoms with E-state index in [9.17, 15) is 14.4 Å². The maximum atomic E-state index is 12.9. The molecule has 0 aromatic rings. The first-order valence-electron chi connectivity index (χ1n) is 30.4. The lowest BCUT2D eigenvalue weighted by molar-refractivity contribution is -0.167. The number of unbranched alkanes of at least 4 members (excludes halogenated alkanes) is 25. The zero-order valence-electron chi connectivity index (χ0n) is 47.6. The van der Waals surface area contributed by atoms with Crippen LogP contribution in [0, 0.1) is 0 Å². The third-order valence-corrected chi connectivity index (χ3v) is 12.7. The van der Waals surface area contributed by atoms with Crippen LogP contribution in [-0.4, -0.2) is 37.2 Å². The van der Waals surface area contributed by atoms with E-state index in [0.717, 1.165) is 141 Å². The number of esters is 3. The summed E-state index contributed by atoms with van der Waals surface area (Å²) in [4.78, 5) is 38.3. The Hall–Kier alpha value is -3.93. The molecule has 416 valence electrons. The van der Waals surface area contributed by atoms with Crippen molar-refractivity contribution < 1.29 is 28.6 Å². The van der Waals surface area contributed by atoms with Crippen molar-refractivity contribution in [1.29, 1.82) is 0 Å². The van der Waals surface area contributed by atoms with Crippen molar-refractivity contribution in [1.82, 2.24) is 0 Å². The molecule has 0 aliphatic heterocycles. The van der Waals surface area contributed by atoms with Crippen molar-refractivity contribution in [2.75, 3.05) is 13.2 Å². The Labute approximate surface area is 450 Å². The molecule has 1 atom stereocenters. The van der Waals surface area contributed by atoms with E-state index in [1.807, 2.05) is 0 Å². The Kier molecular flexibility index (Phi) is 57.4. The van der Waals surface area contributed by atoms with Crippen LogP contribution >= 0.6 is 0 Å². The highest BCUT2D eigenvalue weighted by Gasteiger charge is 2.19. The van der Waals surface area contributed by atoms with Gasteiger partial charge in [0.25, 0.3) is 0 Å². The van der Waals surface area contributed by atoms with Crippen molar-refractivity contribution in [3.63, 3.8) is 0 Å². The summed E-state index contributed by atoms with van der Waals surface area (Å²) in [6.45, 7) is 6.46. The van der Waals surface area contributed by atoms with Gasteiger partial charge in [-0.15, -0.1) is 0 Å². The highest BCUT2D eigenvalue weighted by molar-refractivity contribution is 5.71. The van der Waals surface area contributed by atoms with Crippen LogP contribution in [0.4, 0.5) is 0 Å². The molecule has 1 unspecified atom stereocenters. The number of carbonyl (C=O) groups is 3. The molecule has 0 N–H and O–H groups in total. The molecule has 0 spiro atoms. The first kappa shape index (κ1) is 69.1. The van der Waals surface area contributed by atoms with Crippen LogP contribution in [0.2, 0.25) is 0 Å². The van der Waals surface area contributed by atoms with Crippen molar-refractivity contribution >= 4 is 17.9 Å². The highest BCUT2D eigenvalue weighted by atomic mass is 16.6. The van der Waals surface area contributed by atoms with Gasteiger partial charge in [0.2, 0.25) is 0 Å². The molecule has 0 bridgehead atoms. The molecule has 0 radical (unpaired) electrons. The molecular weight excluding hydrogens is 901 g/mol. The summed E-state index contributed by atoms with van der Waals surface area (Å²) in [7, 11) is 0. The van der Waals surface area contributed by atoms with Gasteiger partial charge in [-0.1, -0.05) is 239 Å². The van der Waals surface area contributed by atoms with Gasteiger partial charge < -0.3 is 14.2 Å². The lowest BCUT2D eigenvalue weighted by Crippen LogP contribution is -2.30. The molecule has 0 heterocycles. The summed E-state index contributed by atoms with van der Waals surface area (Å²) in [5.41, 5.74) is 0. The average molecular weight is 1010 g/mol. The van der Waals surface area contributed by atoms with Crippen LogP contribution in [0.1, 0.15) is 278 Å². The third-order valence-electron chi connectivity index (χ3n) is 12.7. The van der Waals surface area contributed by atoms with E-state index in [-0.39, 0.29) is 31.1 Å². The quantitative estimate of drug-likeness (QED) is 0.0261. The van der Waals surface area contributed by atoms with Crippen molar-refractivity contribution in [2.24, 2.45) is 0 Å². The predicted molar refractivity (Wildman–Crippen MR) is 316 cm³/mol. The molecule has 0 rings (SSSR count). The van der Waals surface area contributed by atoms with Crippen LogP contribution in [0.15, 0.2) is 109 Å². The molecule has 0 aliphatic carbocycles. The Morgan fingerprint density at radius 3 is 0.863 bits per heavy atom. The number of hydrogen-bond acceptors (Lipinski definition) is 6. The fourth-order valence-corrected chi connectivity index (χ4v) is 8.18. The SMILES string of the molecule is CC/C=C\C/C=C\C/C=C\CCCCCCCC(=O)OCC(COC(=O)CCCCCCCC/C=C\C/C=C\C/C=C\CCCCCCC)OC(=O)CCCCCCCC/C=C\C/C=C\C/C=C\CCCCC. The molecule has 0 amide bonds. The number of allylic oxidation sites excluding steroid dienone is 18. The van der Waals surface area contributed by atoms with Gasteiger partial charge >= 0.3 is 17.9 Å². The van der Waals surface area contributed by atoms with Crippen molar-refractivity contribution in [2.45, 2.75) is 284 Å². The van der Waals surface area contributed by atoms with E-state index in [1.54, 1.807) is 0 Å². The number of carbonyl (C=O) groups excluding carboxylic acids is 3. The maximum absolute atomic E-state index is 12.9. The van der Waals surface area contributed by atoms with Gasteiger partial charge in [0.1, 0.15) is 13.2 Å². The first-order chi connectivity index (χ1) is 36.0. The zero-order valence-corrected chi connectivity index (χ0v) is 47.6. The Morgan fingerprint density at radius 1 is 0.288 bits per heavy atom. The topological polar surface area (TPSA) is 78.9 Å². The summed E-state index contributed by atoms with van der Waals surface area (Å²) in [6, 6.07) is 0. The fraction of sp³-hybridized carbons (Fsp3) is 0.687. The van der Waals surface area contributed by atoms with Crippen LogP contribution < -0.4 is 0 Å². The second-order valence-corrected chi connectivity index (χ2v) is 19.9. The minimum atomic E-state index is -0.801. The maximum Gasteiger partial charge on any atom is 0.306 e. The third kappa shape index (κ3) is 58.8. The van der Waals surface area contributed by atoms with E-state index >= 15 is 0 Å². The Morgan fingerprint density at radius 2 is 0.534 bits per heavy atom. The number of rotatable bonds is 54. The van der Waals surface area contributed by atoms with Crippen molar-refractivity contribution in [3.05, 3.63) is 109 Å².